The summed E-state index contributed by atoms with van der Waals surface area (Å²) in [5.41, 5.74) is 4.97. The van der Waals surface area contributed by atoms with Crippen LogP contribution in [-0.4, -0.2) is 53.7 Å². The zero-order chi connectivity index (χ0) is 21.3. The van der Waals surface area contributed by atoms with Crippen LogP contribution < -0.4 is 14.4 Å². The number of aryl methyl sites for hydroxylation is 2. The van der Waals surface area contributed by atoms with Crippen molar-refractivity contribution in [3.63, 3.8) is 0 Å². The van der Waals surface area contributed by atoms with E-state index < -0.39 is 10.0 Å². The number of benzene rings is 2. The van der Waals surface area contributed by atoms with Crippen molar-refractivity contribution in [2.75, 3.05) is 50.0 Å². The Morgan fingerprint density at radius 2 is 1.52 bits per heavy atom. The van der Waals surface area contributed by atoms with Crippen LogP contribution in [0.1, 0.15) is 22.3 Å². The molecule has 0 aliphatic carbocycles. The van der Waals surface area contributed by atoms with Crippen LogP contribution in [0.5, 0.6) is 5.75 Å². The molecule has 1 fully saturated rings. The van der Waals surface area contributed by atoms with Crippen LogP contribution in [0.2, 0.25) is 0 Å². The van der Waals surface area contributed by atoms with Gasteiger partial charge >= 0.3 is 0 Å². The molecule has 7 heteroatoms. The third-order valence-corrected chi connectivity index (χ3v) is 7.50. The Labute approximate surface area is 174 Å². The highest BCUT2D eigenvalue weighted by atomic mass is 32.2. The molecular weight excluding hydrogens is 386 g/mol. The van der Waals surface area contributed by atoms with Gasteiger partial charge in [0.15, 0.2) is 0 Å². The van der Waals surface area contributed by atoms with Crippen LogP contribution in [0.3, 0.4) is 0 Å². The van der Waals surface area contributed by atoms with E-state index >= 15 is 0 Å². The normalized spacial score (nSPS) is 15.4. The van der Waals surface area contributed by atoms with E-state index in [0.29, 0.717) is 10.6 Å². The summed E-state index contributed by atoms with van der Waals surface area (Å²) < 4.78 is 34.9. The van der Waals surface area contributed by atoms with Crippen LogP contribution in [0, 0.1) is 27.7 Å². The molecule has 6 nitrogen and oxygen atoms in total. The molecule has 1 N–H and O–H groups in total. The van der Waals surface area contributed by atoms with E-state index in [0.717, 1.165) is 59.9 Å². The van der Waals surface area contributed by atoms with Crippen molar-refractivity contribution in [1.29, 1.82) is 0 Å². The number of sulfonamides is 1. The summed E-state index contributed by atoms with van der Waals surface area (Å²) in [6.07, 6.45) is 0. The van der Waals surface area contributed by atoms with Crippen molar-refractivity contribution in [2.45, 2.75) is 32.6 Å². The minimum Gasteiger partial charge on any atom is -0.495 e. The number of ether oxygens (including phenoxy) is 1. The average Bonchev–Trinajstić information content (AvgIpc) is 2.66. The molecule has 158 valence electrons. The SMILES string of the molecule is COc1ccc(NS(=O)(=O)c2c(C)c(C)cc(C)c2C)cc1N1CCN(C)CC1. The maximum absolute atomic E-state index is 13.3. The largest absolute Gasteiger partial charge is 0.495 e. The fourth-order valence-corrected chi connectivity index (χ4v) is 5.51. The van der Waals surface area contributed by atoms with E-state index in [1.807, 2.05) is 45.9 Å². The quantitative estimate of drug-likeness (QED) is 0.807. The molecule has 0 spiro atoms. The van der Waals surface area contributed by atoms with Gasteiger partial charge in [-0.2, -0.15) is 0 Å². The fraction of sp³-hybridized carbons (Fsp3) is 0.455. The molecule has 29 heavy (non-hydrogen) atoms. The number of likely N-dealkylation sites (N-methyl/N-ethyl adjacent to an activating group) is 1. The Kier molecular flexibility index (Phi) is 6.10. The molecule has 0 amide bonds. The lowest BCUT2D eigenvalue weighted by Gasteiger charge is -2.35. The van der Waals surface area contributed by atoms with Crippen LogP contribution >= 0.6 is 0 Å². The summed E-state index contributed by atoms with van der Waals surface area (Å²) >= 11 is 0. The summed E-state index contributed by atoms with van der Waals surface area (Å²) in [7, 11) is 0.0316. The number of nitrogens with one attached hydrogen (secondary N) is 1. The van der Waals surface area contributed by atoms with Crippen molar-refractivity contribution < 1.29 is 13.2 Å². The van der Waals surface area contributed by atoms with E-state index in [-0.39, 0.29) is 0 Å². The highest BCUT2D eigenvalue weighted by Gasteiger charge is 2.24. The van der Waals surface area contributed by atoms with Gasteiger partial charge < -0.3 is 14.5 Å². The molecule has 2 aromatic carbocycles. The molecular formula is C22H31N3O3S. The smallest absolute Gasteiger partial charge is 0.262 e. The van der Waals surface area contributed by atoms with Crippen LogP contribution in [0.15, 0.2) is 29.2 Å². The van der Waals surface area contributed by atoms with Gasteiger partial charge in [0.05, 0.1) is 23.4 Å². The lowest BCUT2D eigenvalue weighted by Crippen LogP contribution is -2.44. The van der Waals surface area contributed by atoms with Gasteiger partial charge in [0.2, 0.25) is 0 Å². The first kappa shape index (κ1) is 21.5. The third kappa shape index (κ3) is 4.36. The maximum atomic E-state index is 13.3. The Bertz CT molecular complexity index is 984. The van der Waals surface area contributed by atoms with E-state index in [9.17, 15) is 8.42 Å². The summed E-state index contributed by atoms with van der Waals surface area (Å²) in [4.78, 5) is 4.89. The van der Waals surface area contributed by atoms with Gasteiger partial charge in [-0.25, -0.2) is 8.42 Å². The molecule has 0 saturated carbocycles. The van der Waals surface area contributed by atoms with E-state index in [1.54, 1.807) is 13.2 Å². The van der Waals surface area contributed by atoms with Gasteiger partial charge in [0, 0.05) is 26.2 Å². The minimum absolute atomic E-state index is 0.368. The fourth-order valence-electron chi connectivity index (χ4n) is 3.84. The number of rotatable bonds is 5. The monoisotopic (exact) mass is 417 g/mol. The Morgan fingerprint density at radius 3 is 2.07 bits per heavy atom. The van der Waals surface area contributed by atoms with E-state index in [2.05, 4.69) is 21.6 Å². The zero-order valence-electron chi connectivity index (χ0n) is 18.2. The number of methoxy groups -OCH3 is 1. The zero-order valence-corrected chi connectivity index (χ0v) is 19.0. The molecule has 0 bridgehead atoms. The average molecular weight is 418 g/mol. The van der Waals surface area contributed by atoms with Crippen molar-refractivity contribution in [3.8, 4) is 5.75 Å². The van der Waals surface area contributed by atoms with Gasteiger partial charge in [-0.1, -0.05) is 6.07 Å². The highest BCUT2D eigenvalue weighted by molar-refractivity contribution is 7.92. The van der Waals surface area contributed by atoms with Crippen molar-refractivity contribution in [3.05, 3.63) is 46.5 Å². The van der Waals surface area contributed by atoms with Crippen molar-refractivity contribution in [1.82, 2.24) is 4.90 Å². The lowest BCUT2D eigenvalue weighted by molar-refractivity contribution is 0.311. The summed E-state index contributed by atoms with van der Waals surface area (Å²) in [6.45, 7) is 11.3. The number of nitrogens with zero attached hydrogens (tertiary/aromatic N) is 2. The van der Waals surface area contributed by atoms with Crippen LogP contribution in [0.4, 0.5) is 11.4 Å². The van der Waals surface area contributed by atoms with Gasteiger partial charge in [0.25, 0.3) is 10.0 Å². The lowest BCUT2D eigenvalue weighted by atomic mass is 10.0. The summed E-state index contributed by atoms with van der Waals surface area (Å²) in [5, 5.41) is 0. The van der Waals surface area contributed by atoms with Crippen molar-refractivity contribution >= 4 is 21.4 Å². The van der Waals surface area contributed by atoms with Crippen molar-refractivity contribution in [2.24, 2.45) is 0 Å². The number of hydrogen-bond acceptors (Lipinski definition) is 5. The Hall–Kier alpha value is -2.25. The van der Waals surface area contributed by atoms with E-state index in [1.165, 1.54) is 0 Å². The van der Waals surface area contributed by atoms with Gasteiger partial charge in [-0.15, -0.1) is 0 Å². The number of piperazine rings is 1. The first-order valence-electron chi connectivity index (χ1n) is 9.86. The molecule has 2 aromatic rings. The minimum atomic E-state index is -3.71. The molecule has 1 aliphatic heterocycles. The van der Waals surface area contributed by atoms with Crippen LogP contribution in [0.25, 0.3) is 0 Å². The van der Waals surface area contributed by atoms with Gasteiger partial charge in [-0.3, -0.25) is 4.72 Å². The Morgan fingerprint density at radius 1 is 0.931 bits per heavy atom. The topological polar surface area (TPSA) is 61.9 Å². The second-order valence-corrected chi connectivity index (χ2v) is 9.49. The molecule has 3 rings (SSSR count). The molecule has 1 saturated heterocycles. The highest BCUT2D eigenvalue weighted by Crippen LogP contribution is 2.34. The van der Waals surface area contributed by atoms with Gasteiger partial charge in [0.1, 0.15) is 5.75 Å². The summed E-state index contributed by atoms with van der Waals surface area (Å²) in [5.74, 6) is 0.747. The molecule has 0 radical (unpaired) electrons. The molecule has 1 aliphatic rings. The molecule has 1 heterocycles. The first-order chi connectivity index (χ1) is 13.6. The second-order valence-electron chi connectivity index (χ2n) is 7.87. The Balaban J connectivity index is 1.97. The summed E-state index contributed by atoms with van der Waals surface area (Å²) in [6, 6.07) is 7.48. The predicted octanol–water partition coefficient (Wildman–Crippen LogP) is 3.48. The van der Waals surface area contributed by atoms with Crippen LogP contribution in [-0.2, 0) is 10.0 Å². The predicted molar refractivity (Wildman–Crippen MR) is 119 cm³/mol. The van der Waals surface area contributed by atoms with Gasteiger partial charge in [-0.05, 0) is 75.2 Å². The second kappa shape index (κ2) is 8.24. The maximum Gasteiger partial charge on any atom is 0.262 e. The molecule has 0 atom stereocenters. The first-order valence-corrected chi connectivity index (χ1v) is 11.3. The molecule has 0 aromatic heterocycles. The van der Waals surface area contributed by atoms with E-state index in [4.69, 9.17) is 4.74 Å². The number of hydrogen-bond donors (Lipinski definition) is 1. The standard InChI is InChI=1S/C22H31N3O3S/c1-15-13-16(2)18(4)22(17(15)3)29(26,27)23-19-7-8-21(28-6)20(14-19)25-11-9-24(5)10-12-25/h7-8,13-14,23H,9-12H2,1-6H3. The number of anilines is 2. The molecule has 0 unspecified atom stereocenters. The third-order valence-electron chi connectivity index (χ3n) is 5.84.